The van der Waals surface area contributed by atoms with Gasteiger partial charge in [0.2, 0.25) is 0 Å². The predicted molar refractivity (Wildman–Crippen MR) is 199 cm³/mol. The molecule has 1 amide bonds. The molecule has 246 valence electrons. The highest BCUT2D eigenvalue weighted by atomic mass is 127. The molecule has 2 unspecified atom stereocenters. The van der Waals surface area contributed by atoms with Gasteiger partial charge in [0.15, 0.2) is 5.65 Å². The third-order valence-electron chi connectivity index (χ3n) is 8.56. The average molecular weight is 745 g/mol. The van der Waals surface area contributed by atoms with E-state index in [2.05, 4.69) is 105 Å². The van der Waals surface area contributed by atoms with E-state index in [0.717, 1.165) is 66.6 Å². The normalized spacial score (nSPS) is 15.7. The monoisotopic (exact) mass is 744 g/mol. The first kappa shape index (κ1) is 34.4. The second-order valence-electron chi connectivity index (χ2n) is 12.7. The summed E-state index contributed by atoms with van der Waals surface area (Å²) in [5.41, 5.74) is 6.16. The number of carbonyl (C=O) groups excluding carboxylic acids is 1. The van der Waals surface area contributed by atoms with Crippen LogP contribution < -0.4 is 10.6 Å². The van der Waals surface area contributed by atoms with Gasteiger partial charge in [-0.2, -0.15) is 5.10 Å². The van der Waals surface area contributed by atoms with Gasteiger partial charge in [0.25, 0.3) is 5.91 Å². The lowest BCUT2D eigenvalue weighted by atomic mass is 9.94. The summed E-state index contributed by atoms with van der Waals surface area (Å²) in [6.07, 6.45) is 12.8. The van der Waals surface area contributed by atoms with E-state index in [1.807, 2.05) is 64.8 Å². The number of hydrogen-bond donors (Lipinski definition) is 2. The van der Waals surface area contributed by atoms with Crippen molar-refractivity contribution in [3.63, 3.8) is 0 Å². The van der Waals surface area contributed by atoms with Crippen molar-refractivity contribution in [1.29, 1.82) is 0 Å². The number of rotatable bonds is 10. The van der Waals surface area contributed by atoms with Crippen molar-refractivity contribution in [3.8, 4) is 11.8 Å². The third-order valence-corrected chi connectivity index (χ3v) is 9.13. The molecule has 3 aromatic heterocycles. The summed E-state index contributed by atoms with van der Waals surface area (Å²) in [5.74, 6) is 7.19. The number of carbonyl (C=O) groups is 1. The zero-order valence-corrected chi connectivity index (χ0v) is 30.2. The number of amides is 1. The molecule has 1 saturated heterocycles. The van der Waals surface area contributed by atoms with Crippen LogP contribution in [0.15, 0.2) is 79.5 Å². The van der Waals surface area contributed by atoms with Gasteiger partial charge in [-0.05, 0) is 94.1 Å². The quantitative estimate of drug-likeness (QED) is 0.0821. The van der Waals surface area contributed by atoms with Gasteiger partial charge in [-0.15, -0.1) is 0 Å². The van der Waals surface area contributed by atoms with E-state index in [4.69, 9.17) is 0 Å². The van der Waals surface area contributed by atoms with Crippen LogP contribution in [0.25, 0.3) is 5.65 Å². The van der Waals surface area contributed by atoms with E-state index >= 15 is 0 Å². The number of allylic oxidation sites excluding steroid dienone is 1. The average Bonchev–Trinajstić information content (AvgIpc) is 3.63. The van der Waals surface area contributed by atoms with Crippen LogP contribution in [-0.2, 0) is 0 Å². The Morgan fingerprint density at radius 1 is 1.13 bits per heavy atom. The molecule has 9 nitrogen and oxygen atoms in total. The minimum absolute atomic E-state index is 0.204. The predicted octanol–water partition coefficient (Wildman–Crippen LogP) is 6.65. The van der Waals surface area contributed by atoms with Gasteiger partial charge in [-0.3, -0.25) is 13.9 Å². The molecule has 10 heteroatoms. The van der Waals surface area contributed by atoms with Crippen LogP contribution in [0.4, 0.5) is 11.4 Å². The number of likely N-dealkylation sites (N-methyl/N-ethyl adjacent to an activating group) is 1. The SMILES string of the molecule is C=C(/C=C\C(CN1CCCN(C)CC1)C(C)C)NC(=O)c1ccc(C)c(C#Cc2cnc3c(Nc4cnn(C(C)I)c4)cccn23)c1. The molecule has 1 aromatic carbocycles. The van der Waals surface area contributed by atoms with Gasteiger partial charge >= 0.3 is 0 Å². The van der Waals surface area contributed by atoms with Crippen molar-refractivity contribution >= 4 is 45.5 Å². The van der Waals surface area contributed by atoms with Crippen LogP contribution in [0.1, 0.15) is 58.4 Å². The van der Waals surface area contributed by atoms with Crippen LogP contribution in [0, 0.1) is 30.6 Å². The maximum Gasteiger partial charge on any atom is 0.255 e. The van der Waals surface area contributed by atoms with Gasteiger partial charge in [-0.25, -0.2) is 4.98 Å². The second-order valence-corrected chi connectivity index (χ2v) is 14.5. The van der Waals surface area contributed by atoms with Crippen molar-refractivity contribution in [2.45, 2.75) is 38.2 Å². The topological polar surface area (TPSA) is 82.7 Å². The fraction of sp³-hybridized carbons (Fsp3) is 0.378. The Balaban J connectivity index is 1.25. The number of pyridine rings is 1. The molecule has 1 aliphatic rings. The fourth-order valence-corrected chi connectivity index (χ4v) is 5.86. The largest absolute Gasteiger partial charge is 0.350 e. The van der Waals surface area contributed by atoms with E-state index < -0.39 is 0 Å². The maximum atomic E-state index is 13.2. The summed E-state index contributed by atoms with van der Waals surface area (Å²) in [4.78, 5) is 22.8. The van der Waals surface area contributed by atoms with Gasteiger partial charge < -0.3 is 20.4 Å². The van der Waals surface area contributed by atoms with Crippen LogP contribution in [-0.4, -0.2) is 74.6 Å². The minimum atomic E-state index is -0.204. The molecule has 5 rings (SSSR count). The number of halogens is 1. The second kappa shape index (κ2) is 15.8. The summed E-state index contributed by atoms with van der Waals surface area (Å²) in [5, 5.41) is 10.8. The van der Waals surface area contributed by atoms with Gasteiger partial charge in [-0.1, -0.05) is 61.1 Å². The first-order chi connectivity index (χ1) is 22.6. The Labute approximate surface area is 292 Å². The first-order valence-electron chi connectivity index (χ1n) is 16.2. The highest BCUT2D eigenvalue weighted by Crippen LogP contribution is 2.24. The Kier molecular flexibility index (Phi) is 11.6. The molecule has 0 aliphatic carbocycles. The van der Waals surface area contributed by atoms with Gasteiger partial charge in [0.1, 0.15) is 9.74 Å². The molecule has 2 N–H and O–H groups in total. The number of nitrogens with zero attached hydrogens (tertiary/aromatic N) is 6. The van der Waals surface area contributed by atoms with Crippen molar-refractivity contribution < 1.29 is 4.79 Å². The van der Waals surface area contributed by atoms with Crippen LogP contribution in [0.5, 0.6) is 0 Å². The summed E-state index contributed by atoms with van der Waals surface area (Å²) in [6, 6.07) is 9.54. The van der Waals surface area contributed by atoms with Crippen LogP contribution in [0.3, 0.4) is 0 Å². The van der Waals surface area contributed by atoms with E-state index in [0.29, 0.717) is 23.1 Å². The van der Waals surface area contributed by atoms with Crippen molar-refractivity contribution in [3.05, 3.63) is 102 Å². The van der Waals surface area contributed by atoms with Crippen LogP contribution in [0.2, 0.25) is 0 Å². The molecule has 47 heavy (non-hydrogen) atoms. The Morgan fingerprint density at radius 3 is 2.72 bits per heavy atom. The molecule has 0 bridgehead atoms. The zero-order chi connectivity index (χ0) is 33.5. The molecule has 1 fully saturated rings. The number of benzene rings is 1. The summed E-state index contributed by atoms with van der Waals surface area (Å²) in [6.45, 7) is 18.2. The third kappa shape index (κ3) is 9.12. The van der Waals surface area contributed by atoms with Crippen LogP contribution >= 0.6 is 22.6 Å². The van der Waals surface area contributed by atoms with E-state index in [-0.39, 0.29) is 9.96 Å². The first-order valence-corrected chi connectivity index (χ1v) is 17.5. The van der Waals surface area contributed by atoms with Gasteiger partial charge in [0, 0.05) is 48.9 Å². The van der Waals surface area contributed by atoms with E-state index in [1.54, 1.807) is 12.4 Å². The van der Waals surface area contributed by atoms with Crippen molar-refractivity contribution in [2.24, 2.45) is 11.8 Å². The van der Waals surface area contributed by atoms with E-state index in [9.17, 15) is 4.79 Å². The molecule has 0 saturated carbocycles. The lowest BCUT2D eigenvalue weighted by Crippen LogP contribution is -2.34. The number of imidazole rings is 1. The molecule has 4 heterocycles. The van der Waals surface area contributed by atoms with Crippen molar-refractivity contribution in [1.82, 2.24) is 34.3 Å². The minimum Gasteiger partial charge on any atom is -0.350 e. The lowest BCUT2D eigenvalue weighted by Gasteiger charge is -2.27. The number of hydrogen-bond acceptors (Lipinski definition) is 6. The smallest absolute Gasteiger partial charge is 0.255 e. The van der Waals surface area contributed by atoms with Gasteiger partial charge in [0.05, 0.1) is 23.8 Å². The highest BCUT2D eigenvalue weighted by molar-refractivity contribution is 14.1. The summed E-state index contributed by atoms with van der Waals surface area (Å²) in [7, 11) is 2.20. The number of fused-ring (bicyclic) bond motifs is 1. The molecule has 2 atom stereocenters. The molecule has 0 radical (unpaired) electrons. The number of aromatic nitrogens is 4. The molecule has 1 aliphatic heterocycles. The molecule has 4 aromatic rings. The van der Waals surface area contributed by atoms with E-state index in [1.165, 1.54) is 6.42 Å². The Morgan fingerprint density at radius 2 is 1.96 bits per heavy atom. The standard InChI is InChI=1S/C37H45IN8O/c1-26(2)32(24-44-17-8-16-43(6)19-20-44)13-11-28(4)41-37(47)31-12-10-27(3)30(21-31)14-15-34-23-39-36-35(9-7-18-45(34)36)42-33-22-40-46(25-33)29(5)38/h7,9-13,18,21-23,25-26,29,32,42H,4,8,16-17,19-20,24H2,1-3,5-6H3,(H,41,47)/b13-11-. The lowest BCUT2D eigenvalue weighted by molar-refractivity contribution is 0.0967. The molecular weight excluding hydrogens is 699 g/mol. The number of nitrogens with one attached hydrogen (secondary N) is 2. The Bertz CT molecular complexity index is 1810. The summed E-state index contributed by atoms with van der Waals surface area (Å²) < 4.78 is 4.10. The maximum absolute atomic E-state index is 13.2. The van der Waals surface area contributed by atoms with Crippen molar-refractivity contribution in [2.75, 3.05) is 45.1 Å². The fourth-order valence-electron chi connectivity index (χ4n) is 5.56. The highest BCUT2D eigenvalue weighted by Gasteiger charge is 2.18. The Hall–Kier alpha value is -3.92. The number of alkyl halides is 1. The number of anilines is 2. The summed E-state index contributed by atoms with van der Waals surface area (Å²) >= 11 is 2.32. The molecule has 0 spiro atoms. The molecular formula is C37H45IN8O. The zero-order valence-electron chi connectivity index (χ0n) is 28.0. The number of aryl methyl sites for hydroxylation is 1.